The van der Waals surface area contributed by atoms with Gasteiger partial charge in [0.1, 0.15) is 0 Å². The first-order chi connectivity index (χ1) is 10.8. The van der Waals surface area contributed by atoms with E-state index in [9.17, 15) is 4.79 Å². The Morgan fingerprint density at radius 2 is 1.55 bits per heavy atom. The molecule has 1 aliphatic rings. The number of likely N-dealkylation sites (tertiary alicyclic amines) is 1. The quantitative estimate of drug-likeness (QED) is 0.728. The number of ketones is 1. The monoisotopic (exact) mass is 357 g/mol. The lowest BCUT2D eigenvalue weighted by Crippen LogP contribution is -2.38. The number of hydrogen-bond donors (Lipinski definition) is 0. The van der Waals surface area contributed by atoms with Crippen molar-refractivity contribution in [2.75, 3.05) is 13.1 Å². The van der Waals surface area contributed by atoms with Gasteiger partial charge in [-0.15, -0.1) is 0 Å². The van der Waals surface area contributed by atoms with Gasteiger partial charge in [-0.3, -0.25) is 9.69 Å². The van der Waals surface area contributed by atoms with Crippen molar-refractivity contribution in [2.24, 2.45) is 0 Å². The second-order valence-corrected chi connectivity index (χ2v) is 6.70. The molecule has 3 heteroatoms. The molecule has 2 aromatic carbocycles. The van der Waals surface area contributed by atoms with Crippen LogP contribution in [0.3, 0.4) is 0 Å². The Balaban J connectivity index is 1.93. The highest BCUT2D eigenvalue weighted by molar-refractivity contribution is 9.10. The summed E-state index contributed by atoms with van der Waals surface area (Å²) in [6.07, 6.45) is 3.62. The second kappa shape index (κ2) is 7.21. The molecule has 3 rings (SSSR count). The molecule has 0 radical (unpaired) electrons. The maximum Gasteiger partial charge on any atom is 0.184 e. The van der Waals surface area contributed by atoms with Crippen LogP contribution in [0.2, 0.25) is 0 Å². The predicted octanol–water partition coefficient (Wildman–Crippen LogP) is 4.86. The summed E-state index contributed by atoms with van der Waals surface area (Å²) in [7, 11) is 0. The number of carbonyl (C=O) groups is 1. The highest BCUT2D eigenvalue weighted by Crippen LogP contribution is 2.28. The van der Waals surface area contributed by atoms with Gasteiger partial charge in [0.25, 0.3) is 0 Å². The summed E-state index contributed by atoms with van der Waals surface area (Å²) >= 11 is 3.43. The first-order valence-electron chi connectivity index (χ1n) is 7.84. The first-order valence-corrected chi connectivity index (χ1v) is 8.64. The smallest absolute Gasteiger partial charge is 0.184 e. The van der Waals surface area contributed by atoms with Crippen molar-refractivity contribution in [3.8, 4) is 0 Å². The van der Waals surface area contributed by atoms with Crippen LogP contribution in [-0.4, -0.2) is 23.8 Å². The number of nitrogens with zero attached hydrogens (tertiary/aromatic N) is 1. The van der Waals surface area contributed by atoms with Crippen molar-refractivity contribution in [1.29, 1.82) is 0 Å². The van der Waals surface area contributed by atoms with E-state index in [-0.39, 0.29) is 11.8 Å². The van der Waals surface area contributed by atoms with E-state index >= 15 is 0 Å². The summed E-state index contributed by atoms with van der Waals surface area (Å²) in [5.74, 6) is 0.195. The van der Waals surface area contributed by atoms with Crippen LogP contribution >= 0.6 is 15.9 Å². The van der Waals surface area contributed by atoms with Crippen molar-refractivity contribution in [1.82, 2.24) is 4.90 Å². The van der Waals surface area contributed by atoms with E-state index in [0.717, 1.165) is 28.7 Å². The van der Waals surface area contributed by atoms with Crippen molar-refractivity contribution in [2.45, 2.75) is 25.3 Å². The van der Waals surface area contributed by atoms with E-state index < -0.39 is 0 Å². The number of benzene rings is 2. The SMILES string of the molecule is O=C(c1ccc(Br)cc1)C(c1ccccc1)N1CCCCC1. The van der Waals surface area contributed by atoms with Crippen LogP contribution in [0.15, 0.2) is 59.1 Å². The third-order valence-electron chi connectivity index (χ3n) is 4.25. The third kappa shape index (κ3) is 3.47. The van der Waals surface area contributed by atoms with Crippen LogP contribution in [-0.2, 0) is 0 Å². The molecule has 2 nitrogen and oxygen atoms in total. The molecule has 0 bridgehead atoms. The third-order valence-corrected chi connectivity index (χ3v) is 4.78. The number of Topliss-reactive ketones (excluding diaryl/α,β-unsaturated/α-hetero) is 1. The lowest BCUT2D eigenvalue weighted by molar-refractivity contribution is 0.0783. The zero-order chi connectivity index (χ0) is 15.4. The average Bonchev–Trinajstić information content (AvgIpc) is 2.57. The lowest BCUT2D eigenvalue weighted by atomic mass is 9.94. The van der Waals surface area contributed by atoms with E-state index in [1.807, 2.05) is 42.5 Å². The Kier molecular flexibility index (Phi) is 5.06. The first kappa shape index (κ1) is 15.4. The normalized spacial score (nSPS) is 17.1. The van der Waals surface area contributed by atoms with Crippen molar-refractivity contribution in [3.05, 3.63) is 70.2 Å². The fourth-order valence-electron chi connectivity index (χ4n) is 3.11. The molecule has 1 saturated heterocycles. The maximum absolute atomic E-state index is 13.1. The summed E-state index contributed by atoms with van der Waals surface area (Å²) in [5.41, 5.74) is 1.87. The standard InChI is InChI=1S/C19H20BrNO/c20-17-11-9-16(10-12-17)19(22)18(15-7-3-1-4-8-15)21-13-5-2-6-14-21/h1,3-4,7-12,18H,2,5-6,13-14H2. The van der Waals surface area contributed by atoms with Gasteiger partial charge in [0.15, 0.2) is 5.78 Å². The molecule has 114 valence electrons. The van der Waals surface area contributed by atoms with Gasteiger partial charge in [0.05, 0.1) is 6.04 Å². The predicted molar refractivity (Wildman–Crippen MR) is 93.1 cm³/mol. The van der Waals surface area contributed by atoms with E-state index in [1.54, 1.807) is 0 Å². The highest BCUT2D eigenvalue weighted by Gasteiger charge is 2.29. The van der Waals surface area contributed by atoms with Crippen LogP contribution in [0.25, 0.3) is 0 Å². The highest BCUT2D eigenvalue weighted by atomic mass is 79.9. The van der Waals surface area contributed by atoms with Gasteiger partial charge >= 0.3 is 0 Å². The number of piperidine rings is 1. The Morgan fingerprint density at radius 3 is 2.18 bits per heavy atom. The Labute approximate surface area is 140 Å². The molecule has 0 N–H and O–H groups in total. The zero-order valence-electron chi connectivity index (χ0n) is 12.5. The van der Waals surface area contributed by atoms with Crippen LogP contribution < -0.4 is 0 Å². The van der Waals surface area contributed by atoms with E-state index in [0.29, 0.717) is 0 Å². The van der Waals surface area contributed by atoms with Crippen LogP contribution in [0.5, 0.6) is 0 Å². The van der Waals surface area contributed by atoms with Gasteiger partial charge in [-0.2, -0.15) is 0 Å². The number of halogens is 1. The summed E-state index contributed by atoms with van der Waals surface area (Å²) in [6.45, 7) is 2.00. The molecular formula is C19H20BrNO. The maximum atomic E-state index is 13.1. The molecule has 0 aliphatic carbocycles. The van der Waals surface area contributed by atoms with E-state index in [2.05, 4.69) is 33.0 Å². The molecule has 22 heavy (non-hydrogen) atoms. The Bertz CT molecular complexity index is 618. The Hall–Kier alpha value is -1.45. The molecule has 1 atom stereocenters. The summed E-state index contributed by atoms with van der Waals surface area (Å²) in [5, 5.41) is 0. The number of carbonyl (C=O) groups excluding carboxylic acids is 1. The molecule has 0 saturated carbocycles. The van der Waals surface area contributed by atoms with Crippen LogP contribution in [0.4, 0.5) is 0 Å². The average molecular weight is 358 g/mol. The minimum atomic E-state index is -0.164. The molecule has 0 spiro atoms. The van der Waals surface area contributed by atoms with E-state index in [4.69, 9.17) is 0 Å². The fourth-order valence-corrected chi connectivity index (χ4v) is 3.38. The van der Waals surface area contributed by atoms with E-state index in [1.165, 1.54) is 19.3 Å². The summed E-state index contributed by atoms with van der Waals surface area (Å²) in [6, 6.07) is 17.7. The van der Waals surface area contributed by atoms with Crippen molar-refractivity contribution in [3.63, 3.8) is 0 Å². The molecule has 0 aromatic heterocycles. The van der Waals surface area contributed by atoms with Crippen molar-refractivity contribution >= 4 is 21.7 Å². The van der Waals surface area contributed by atoms with Crippen LogP contribution in [0, 0.1) is 0 Å². The second-order valence-electron chi connectivity index (χ2n) is 5.78. The summed E-state index contributed by atoms with van der Waals surface area (Å²) in [4.78, 5) is 15.4. The molecule has 1 fully saturated rings. The summed E-state index contributed by atoms with van der Waals surface area (Å²) < 4.78 is 0.998. The van der Waals surface area contributed by atoms with Gasteiger partial charge in [0, 0.05) is 10.0 Å². The molecule has 1 unspecified atom stereocenters. The van der Waals surface area contributed by atoms with Gasteiger partial charge in [-0.05, 0) is 43.6 Å². The van der Waals surface area contributed by atoms with Gasteiger partial charge in [-0.1, -0.05) is 64.8 Å². The van der Waals surface area contributed by atoms with Crippen LogP contribution in [0.1, 0.15) is 41.2 Å². The van der Waals surface area contributed by atoms with Gasteiger partial charge in [-0.25, -0.2) is 0 Å². The number of rotatable bonds is 4. The topological polar surface area (TPSA) is 20.3 Å². The van der Waals surface area contributed by atoms with Crippen molar-refractivity contribution < 1.29 is 4.79 Å². The lowest BCUT2D eigenvalue weighted by Gasteiger charge is -2.34. The van der Waals surface area contributed by atoms with Gasteiger partial charge in [0.2, 0.25) is 0 Å². The largest absolute Gasteiger partial charge is 0.292 e. The minimum Gasteiger partial charge on any atom is -0.292 e. The molecular weight excluding hydrogens is 338 g/mol. The Morgan fingerprint density at radius 1 is 0.909 bits per heavy atom. The minimum absolute atomic E-state index is 0.164. The number of hydrogen-bond acceptors (Lipinski definition) is 2. The fraction of sp³-hybridized carbons (Fsp3) is 0.316. The van der Waals surface area contributed by atoms with Gasteiger partial charge < -0.3 is 0 Å². The molecule has 2 aromatic rings. The molecule has 1 aliphatic heterocycles. The zero-order valence-corrected chi connectivity index (χ0v) is 14.1. The molecule has 1 heterocycles. The molecule has 0 amide bonds.